The molecule has 0 aliphatic carbocycles. The van der Waals surface area contributed by atoms with E-state index >= 15 is 0 Å². The molecule has 1 amide bonds. The van der Waals surface area contributed by atoms with E-state index in [1.807, 2.05) is 67.6 Å². The number of rotatable bonds is 6. The molecule has 0 spiro atoms. The fourth-order valence-electron chi connectivity index (χ4n) is 3.11. The zero-order valence-corrected chi connectivity index (χ0v) is 16.0. The standard InChI is InChI=1S/C23H20N4O2/c1-16-5-4-6-17(13-16)14-21(28)25-20-8-3-2-7-19(20)15-22-26-23(27-29-22)18-9-11-24-12-10-18/h2-13H,14-15H2,1H3,(H,25,28). The quantitative estimate of drug-likeness (QED) is 0.538. The number of nitrogens with one attached hydrogen (secondary N) is 1. The summed E-state index contributed by atoms with van der Waals surface area (Å²) >= 11 is 0. The van der Waals surface area contributed by atoms with Crippen molar-refractivity contribution in [3.05, 3.63) is 95.6 Å². The van der Waals surface area contributed by atoms with Crippen LogP contribution in [0, 0.1) is 6.92 Å². The van der Waals surface area contributed by atoms with Crippen LogP contribution in [-0.2, 0) is 17.6 Å². The number of pyridine rings is 1. The molecule has 0 unspecified atom stereocenters. The number of hydrogen-bond acceptors (Lipinski definition) is 5. The normalized spacial score (nSPS) is 10.7. The van der Waals surface area contributed by atoms with Crippen LogP contribution in [0.1, 0.15) is 22.6 Å². The average Bonchev–Trinajstić information content (AvgIpc) is 3.19. The molecule has 2 heterocycles. The number of anilines is 1. The van der Waals surface area contributed by atoms with Crippen molar-refractivity contribution < 1.29 is 9.32 Å². The Morgan fingerprint density at radius 2 is 1.86 bits per heavy atom. The van der Waals surface area contributed by atoms with E-state index in [0.717, 1.165) is 27.9 Å². The minimum Gasteiger partial charge on any atom is -0.339 e. The molecule has 6 heteroatoms. The number of para-hydroxylation sites is 1. The lowest BCUT2D eigenvalue weighted by Gasteiger charge is -2.10. The number of aromatic nitrogens is 3. The predicted octanol–water partition coefficient (Wildman–Crippen LogP) is 4.21. The minimum atomic E-state index is -0.0638. The van der Waals surface area contributed by atoms with Gasteiger partial charge in [0.2, 0.25) is 17.6 Å². The monoisotopic (exact) mass is 384 g/mol. The van der Waals surface area contributed by atoms with Crippen LogP contribution in [0.15, 0.2) is 77.6 Å². The first kappa shape index (κ1) is 18.6. The van der Waals surface area contributed by atoms with E-state index < -0.39 is 0 Å². The Balaban J connectivity index is 1.47. The van der Waals surface area contributed by atoms with Gasteiger partial charge in [-0.3, -0.25) is 9.78 Å². The summed E-state index contributed by atoms with van der Waals surface area (Å²) in [4.78, 5) is 21.0. The topological polar surface area (TPSA) is 80.9 Å². The smallest absolute Gasteiger partial charge is 0.231 e. The summed E-state index contributed by atoms with van der Waals surface area (Å²) in [6, 6.07) is 19.2. The maximum Gasteiger partial charge on any atom is 0.231 e. The lowest BCUT2D eigenvalue weighted by molar-refractivity contribution is -0.115. The van der Waals surface area contributed by atoms with Crippen molar-refractivity contribution in [1.82, 2.24) is 15.1 Å². The fourth-order valence-corrected chi connectivity index (χ4v) is 3.11. The Kier molecular flexibility index (Phi) is 5.42. The van der Waals surface area contributed by atoms with Crippen molar-refractivity contribution in [2.45, 2.75) is 19.8 Å². The van der Waals surface area contributed by atoms with E-state index in [-0.39, 0.29) is 5.91 Å². The molecule has 144 valence electrons. The lowest BCUT2D eigenvalue weighted by Crippen LogP contribution is -2.15. The summed E-state index contributed by atoms with van der Waals surface area (Å²) < 4.78 is 5.40. The van der Waals surface area contributed by atoms with Crippen LogP contribution in [0.25, 0.3) is 11.4 Å². The van der Waals surface area contributed by atoms with Gasteiger partial charge in [0, 0.05) is 23.6 Å². The Morgan fingerprint density at radius 3 is 2.69 bits per heavy atom. The van der Waals surface area contributed by atoms with Gasteiger partial charge in [0.1, 0.15) is 0 Å². The number of carbonyl (C=O) groups is 1. The molecule has 1 N–H and O–H groups in total. The first-order valence-electron chi connectivity index (χ1n) is 9.33. The molecule has 0 fully saturated rings. The van der Waals surface area contributed by atoms with Gasteiger partial charge in [-0.15, -0.1) is 0 Å². The maximum atomic E-state index is 12.5. The molecule has 4 aromatic rings. The van der Waals surface area contributed by atoms with Gasteiger partial charge < -0.3 is 9.84 Å². The summed E-state index contributed by atoms with van der Waals surface area (Å²) in [6.45, 7) is 2.02. The summed E-state index contributed by atoms with van der Waals surface area (Å²) in [5.41, 5.74) is 4.62. The Morgan fingerprint density at radius 1 is 1.03 bits per heavy atom. The van der Waals surface area contributed by atoms with Gasteiger partial charge in [0.25, 0.3) is 0 Å². The zero-order chi connectivity index (χ0) is 20.1. The second kappa shape index (κ2) is 8.48. The van der Waals surface area contributed by atoms with Crippen LogP contribution in [0.4, 0.5) is 5.69 Å². The molecule has 0 atom stereocenters. The van der Waals surface area contributed by atoms with E-state index in [4.69, 9.17) is 4.52 Å². The van der Waals surface area contributed by atoms with E-state index in [9.17, 15) is 4.79 Å². The number of hydrogen-bond donors (Lipinski definition) is 1. The highest BCUT2D eigenvalue weighted by atomic mass is 16.5. The molecular weight excluding hydrogens is 364 g/mol. The van der Waals surface area contributed by atoms with Crippen molar-refractivity contribution in [3.8, 4) is 11.4 Å². The van der Waals surface area contributed by atoms with Gasteiger partial charge in [0.15, 0.2) is 0 Å². The molecule has 2 aromatic heterocycles. The van der Waals surface area contributed by atoms with Gasteiger partial charge in [-0.2, -0.15) is 4.98 Å². The predicted molar refractivity (Wildman–Crippen MR) is 110 cm³/mol. The fraction of sp³-hybridized carbons (Fsp3) is 0.130. The van der Waals surface area contributed by atoms with Gasteiger partial charge in [-0.25, -0.2) is 0 Å². The van der Waals surface area contributed by atoms with Crippen molar-refractivity contribution in [2.75, 3.05) is 5.32 Å². The third-order valence-electron chi connectivity index (χ3n) is 4.49. The molecule has 0 saturated heterocycles. The number of carbonyl (C=O) groups excluding carboxylic acids is 1. The van der Waals surface area contributed by atoms with Gasteiger partial charge in [0.05, 0.1) is 12.8 Å². The van der Waals surface area contributed by atoms with Crippen molar-refractivity contribution >= 4 is 11.6 Å². The third kappa shape index (κ3) is 4.73. The molecule has 6 nitrogen and oxygen atoms in total. The molecule has 4 rings (SSSR count). The second-order valence-electron chi connectivity index (χ2n) is 6.80. The first-order valence-corrected chi connectivity index (χ1v) is 9.33. The summed E-state index contributed by atoms with van der Waals surface area (Å²) in [7, 11) is 0. The van der Waals surface area contributed by atoms with Crippen LogP contribution in [0.3, 0.4) is 0 Å². The molecule has 2 aromatic carbocycles. The van der Waals surface area contributed by atoms with Crippen LogP contribution in [0.2, 0.25) is 0 Å². The van der Waals surface area contributed by atoms with Crippen LogP contribution in [-0.4, -0.2) is 21.0 Å². The number of nitrogens with zero attached hydrogens (tertiary/aromatic N) is 3. The highest BCUT2D eigenvalue weighted by molar-refractivity contribution is 5.93. The number of amides is 1. The molecule has 0 radical (unpaired) electrons. The van der Waals surface area contributed by atoms with E-state index in [1.54, 1.807) is 12.4 Å². The average molecular weight is 384 g/mol. The second-order valence-corrected chi connectivity index (χ2v) is 6.80. The third-order valence-corrected chi connectivity index (χ3v) is 4.49. The Hall–Kier alpha value is -3.80. The van der Waals surface area contributed by atoms with E-state index in [1.165, 1.54) is 0 Å². The number of aryl methyl sites for hydroxylation is 1. The Bertz CT molecular complexity index is 1120. The molecular formula is C23H20N4O2. The first-order chi connectivity index (χ1) is 14.2. The molecule has 0 saturated carbocycles. The van der Waals surface area contributed by atoms with Gasteiger partial charge in [-0.05, 0) is 36.2 Å². The van der Waals surface area contributed by atoms with Crippen LogP contribution in [0.5, 0.6) is 0 Å². The molecule has 0 aliphatic rings. The molecule has 29 heavy (non-hydrogen) atoms. The van der Waals surface area contributed by atoms with E-state index in [0.29, 0.717) is 24.6 Å². The zero-order valence-electron chi connectivity index (χ0n) is 16.0. The molecule has 0 bridgehead atoms. The van der Waals surface area contributed by atoms with Crippen molar-refractivity contribution in [1.29, 1.82) is 0 Å². The minimum absolute atomic E-state index is 0.0638. The largest absolute Gasteiger partial charge is 0.339 e. The van der Waals surface area contributed by atoms with Gasteiger partial charge in [-0.1, -0.05) is 53.2 Å². The SMILES string of the molecule is Cc1cccc(CC(=O)Nc2ccccc2Cc2nc(-c3ccncc3)no2)c1. The summed E-state index contributed by atoms with van der Waals surface area (Å²) in [5, 5.41) is 7.04. The lowest BCUT2D eigenvalue weighted by atomic mass is 10.1. The molecule has 0 aliphatic heterocycles. The highest BCUT2D eigenvalue weighted by Crippen LogP contribution is 2.21. The number of benzene rings is 2. The van der Waals surface area contributed by atoms with Gasteiger partial charge >= 0.3 is 0 Å². The van der Waals surface area contributed by atoms with Crippen LogP contribution >= 0.6 is 0 Å². The highest BCUT2D eigenvalue weighted by Gasteiger charge is 2.13. The summed E-state index contributed by atoms with van der Waals surface area (Å²) in [6.07, 6.45) is 4.12. The van der Waals surface area contributed by atoms with E-state index in [2.05, 4.69) is 20.4 Å². The van der Waals surface area contributed by atoms with Crippen molar-refractivity contribution in [2.24, 2.45) is 0 Å². The van der Waals surface area contributed by atoms with Crippen molar-refractivity contribution in [3.63, 3.8) is 0 Å². The Labute approximate surface area is 168 Å². The van der Waals surface area contributed by atoms with Crippen LogP contribution < -0.4 is 5.32 Å². The maximum absolute atomic E-state index is 12.5. The summed E-state index contributed by atoms with van der Waals surface area (Å²) in [5.74, 6) is 0.937.